The van der Waals surface area contributed by atoms with Crippen molar-refractivity contribution in [3.05, 3.63) is 0 Å². The molecule has 2 unspecified atom stereocenters. The molecule has 0 aromatic rings. The summed E-state index contributed by atoms with van der Waals surface area (Å²) in [5.74, 6) is 0. The minimum atomic E-state index is -0.855. The molecule has 0 aliphatic heterocycles. The summed E-state index contributed by atoms with van der Waals surface area (Å²) in [6.45, 7) is 1.74. The zero-order valence-electron chi connectivity index (χ0n) is 9.60. The van der Waals surface area contributed by atoms with Gasteiger partial charge in [0.05, 0.1) is 18.0 Å². The minimum Gasteiger partial charge on any atom is -0.515 e. The molecule has 91 valence electrons. The fraction of sp³-hybridized carbons (Fsp3) is 0.800. The van der Waals surface area contributed by atoms with Gasteiger partial charge in [0.15, 0.2) is 0 Å². The van der Waals surface area contributed by atoms with Gasteiger partial charge in [0.1, 0.15) is 19.6 Å². The number of rotatable bonds is 7. The number of aliphatic hydroxyl groups is 2. The number of methoxy groups -OCH3 is 1. The van der Waals surface area contributed by atoms with Gasteiger partial charge < -0.3 is 14.9 Å². The van der Waals surface area contributed by atoms with E-state index in [2.05, 4.69) is 18.7 Å². The molecule has 0 bridgehead atoms. The highest BCUT2D eigenvalue weighted by Crippen LogP contribution is 2.18. The SMILES string of the molecule is CCCCC(S)(C#N)[Si]=C(O)C(CO)OC. The molecule has 1 radical (unpaired) electrons. The molecule has 16 heavy (non-hydrogen) atoms. The molecule has 0 aromatic heterocycles. The van der Waals surface area contributed by atoms with Gasteiger partial charge in [-0.05, 0) is 6.42 Å². The standard InChI is InChI=1S/C10H18NO3SSi/c1-3-4-5-10(15,7-11)16-9(13)8(6-12)14-2/h8,12-13,15H,3-6H2,1-2H3. The topological polar surface area (TPSA) is 73.5 Å². The van der Waals surface area contributed by atoms with Gasteiger partial charge in [-0.2, -0.15) is 17.9 Å². The fourth-order valence-corrected chi connectivity index (χ4v) is 2.80. The van der Waals surface area contributed by atoms with Crippen LogP contribution in [-0.2, 0) is 4.74 Å². The Labute approximate surface area is 104 Å². The second-order valence-corrected chi connectivity index (χ2v) is 6.29. The molecule has 2 atom stereocenters. The van der Waals surface area contributed by atoms with Crippen molar-refractivity contribution >= 4 is 27.1 Å². The minimum absolute atomic E-state index is 0.00217. The van der Waals surface area contributed by atoms with Gasteiger partial charge in [-0.25, -0.2) is 0 Å². The Morgan fingerprint density at radius 2 is 2.31 bits per heavy atom. The number of ether oxygens (including phenoxy) is 1. The van der Waals surface area contributed by atoms with Crippen LogP contribution >= 0.6 is 12.6 Å². The Kier molecular flexibility index (Phi) is 7.67. The molecule has 4 nitrogen and oxygen atoms in total. The lowest BCUT2D eigenvalue weighted by Crippen LogP contribution is -2.36. The quantitative estimate of drug-likeness (QED) is 0.461. The van der Waals surface area contributed by atoms with Crippen LogP contribution < -0.4 is 0 Å². The van der Waals surface area contributed by atoms with Gasteiger partial charge in [-0.3, -0.25) is 0 Å². The number of hydrogen-bond donors (Lipinski definition) is 3. The Balaban J connectivity index is 4.72. The number of unbranched alkanes of at least 4 members (excludes halogenated alkanes) is 1. The van der Waals surface area contributed by atoms with E-state index in [9.17, 15) is 5.11 Å². The third-order valence-electron chi connectivity index (χ3n) is 2.17. The van der Waals surface area contributed by atoms with Crippen LogP contribution in [0.4, 0.5) is 0 Å². The van der Waals surface area contributed by atoms with Crippen molar-refractivity contribution in [2.24, 2.45) is 0 Å². The molecule has 0 aliphatic carbocycles. The van der Waals surface area contributed by atoms with E-state index in [0.717, 1.165) is 12.8 Å². The van der Waals surface area contributed by atoms with E-state index in [4.69, 9.17) is 15.1 Å². The van der Waals surface area contributed by atoms with Gasteiger partial charge in [0.25, 0.3) is 0 Å². The van der Waals surface area contributed by atoms with Crippen molar-refractivity contribution in [3.63, 3.8) is 0 Å². The first kappa shape index (κ1) is 15.6. The molecule has 0 aliphatic rings. The first-order valence-corrected chi connectivity index (χ1v) is 6.59. The Hall–Kier alpha value is -0.353. The van der Waals surface area contributed by atoms with Crippen molar-refractivity contribution in [1.82, 2.24) is 0 Å². The highest BCUT2D eigenvalue weighted by atomic mass is 32.1. The Morgan fingerprint density at radius 3 is 2.69 bits per heavy atom. The van der Waals surface area contributed by atoms with E-state index in [1.165, 1.54) is 7.11 Å². The summed E-state index contributed by atoms with van der Waals surface area (Å²) in [5, 5.41) is 27.7. The lowest BCUT2D eigenvalue weighted by molar-refractivity contribution is 0.0852. The zero-order chi connectivity index (χ0) is 12.6. The van der Waals surface area contributed by atoms with Gasteiger partial charge in [0.2, 0.25) is 0 Å². The molecule has 0 saturated carbocycles. The Bertz CT molecular complexity index is 276. The van der Waals surface area contributed by atoms with E-state index in [1.54, 1.807) is 0 Å². The summed E-state index contributed by atoms with van der Waals surface area (Å²) >= 11 is 4.30. The number of nitrogens with zero attached hydrogens (tertiary/aromatic N) is 1. The molecule has 0 amide bonds. The number of aliphatic hydroxyl groups excluding tert-OH is 2. The first-order chi connectivity index (χ1) is 7.52. The average Bonchev–Trinajstić information content (AvgIpc) is 2.28. The summed E-state index contributed by atoms with van der Waals surface area (Å²) in [6, 6.07) is 2.11. The van der Waals surface area contributed by atoms with Crippen molar-refractivity contribution < 1.29 is 14.9 Å². The highest BCUT2D eigenvalue weighted by Gasteiger charge is 2.25. The summed E-state index contributed by atoms with van der Waals surface area (Å²) < 4.78 is 4.03. The summed E-state index contributed by atoms with van der Waals surface area (Å²) in [7, 11) is 1.25. The van der Waals surface area contributed by atoms with Crippen LogP contribution in [0, 0.1) is 11.3 Å². The molecule has 0 aromatic carbocycles. The molecule has 0 heterocycles. The second-order valence-electron chi connectivity index (χ2n) is 3.49. The van der Waals surface area contributed by atoms with Crippen molar-refractivity contribution in [3.8, 4) is 6.07 Å². The summed E-state index contributed by atoms with van der Waals surface area (Å²) in [6.07, 6.45) is 1.75. The predicted octanol–water partition coefficient (Wildman–Crippen LogP) is 0.540. The lowest BCUT2D eigenvalue weighted by atomic mass is 10.2. The zero-order valence-corrected chi connectivity index (χ0v) is 11.5. The Morgan fingerprint density at radius 1 is 1.69 bits per heavy atom. The fourth-order valence-electron chi connectivity index (χ4n) is 1.14. The van der Waals surface area contributed by atoms with E-state index < -0.39 is 10.5 Å². The average molecular weight is 260 g/mol. The highest BCUT2D eigenvalue weighted by molar-refractivity contribution is 7.83. The van der Waals surface area contributed by atoms with Gasteiger partial charge in [0, 0.05) is 7.11 Å². The number of hydrogen-bond acceptors (Lipinski definition) is 5. The summed E-state index contributed by atoms with van der Waals surface area (Å²) in [5.41, 5.74) is 0. The van der Waals surface area contributed by atoms with E-state index in [1.807, 2.05) is 6.92 Å². The van der Waals surface area contributed by atoms with E-state index >= 15 is 0 Å². The maximum Gasteiger partial charge on any atom is 0.131 e. The molecular formula is C10H18NO3SSi. The first-order valence-electron chi connectivity index (χ1n) is 5.14. The van der Waals surface area contributed by atoms with Crippen LogP contribution in [0.15, 0.2) is 0 Å². The van der Waals surface area contributed by atoms with Crippen LogP contribution in [0.2, 0.25) is 0 Å². The third-order valence-corrected chi connectivity index (χ3v) is 4.18. The maximum absolute atomic E-state index is 9.72. The van der Waals surface area contributed by atoms with Crippen molar-refractivity contribution in [2.75, 3.05) is 13.7 Å². The maximum atomic E-state index is 9.72. The molecule has 2 N–H and O–H groups in total. The van der Waals surface area contributed by atoms with Gasteiger partial charge >= 0.3 is 0 Å². The van der Waals surface area contributed by atoms with Crippen LogP contribution in [0.5, 0.6) is 0 Å². The number of nitriles is 1. The monoisotopic (exact) mass is 260 g/mol. The van der Waals surface area contributed by atoms with E-state index in [-0.39, 0.29) is 21.1 Å². The van der Waals surface area contributed by atoms with Gasteiger partial charge in [-0.15, -0.1) is 0 Å². The largest absolute Gasteiger partial charge is 0.515 e. The molecule has 0 spiro atoms. The predicted molar refractivity (Wildman–Crippen MR) is 67.4 cm³/mol. The van der Waals surface area contributed by atoms with E-state index in [0.29, 0.717) is 6.42 Å². The van der Waals surface area contributed by atoms with Crippen molar-refractivity contribution in [2.45, 2.75) is 36.7 Å². The normalized spacial score (nSPS) is 17.6. The molecule has 6 heteroatoms. The van der Waals surface area contributed by atoms with Crippen LogP contribution in [0.3, 0.4) is 0 Å². The number of thiol groups is 1. The van der Waals surface area contributed by atoms with Crippen molar-refractivity contribution in [1.29, 1.82) is 5.26 Å². The third kappa shape index (κ3) is 5.12. The lowest BCUT2D eigenvalue weighted by Gasteiger charge is -2.18. The molecule has 0 fully saturated rings. The molecule has 0 rings (SSSR count). The van der Waals surface area contributed by atoms with Crippen LogP contribution in [-0.4, -0.2) is 48.9 Å². The summed E-state index contributed by atoms with van der Waals surface area (Å²) in [4.78, 5) is 0. The van der Waals surface area contributed by atoms with Crippen LogP contribution in [0.1, 0.15) is 26.2 Å². The van der Waals surface area contributed by atoms with Crippen LogP contribution in [0.25, 0.3) is 0 Å². The van der Waals surface area contributed by atoms with Gasteiger partial charge in [-0.1, -0.05) is 19.8 Å². The second kappa shape index (κ2) is 7.85. The smallest absolute Gasteiger partial charge is 0.131 e. The molecule has 0 saturated heterocycles. The molecular weight excluding hydrogens is 242 g/mol.